The Kier molecular flexibility index (Phi) is 5.32. The molecule has 0 bridgehead atoms. The molecule has 3 N–H and O–H groups in total. The summed E-state index contributed by atoms with van der Waals surface area (Å²) in [7, 11) is 0. The first-order valence-electron chi connectivity index (χ1n) is 8.34. The third-order valence-corrected chi connectivity index (χ3v) is 5.27. The fourth-order valence-electron chi connectivity index (χ4n) is 3.66. The lowest BCUT2D eigenvalue weighted by Gasteiger charge is -2.42. The standard InChI is InChI=1S/C16H29N3O3/c1-4-19(10-14(20)21)12-8-11(9-12)17-15(22)18-13-6-5-7-16(13,2)3/h11-13H,4-10H2,1-3H3,(H,20,21)(H2,17,18,22). The molecule has 2 aliphatic carbocycles. The van der Waals surface area contributed by atoms with Gasteiger partial charge in [-0.05, 0) is 37.6 Å². The lowest BCUT2D eigenvalue weighted by atomic mass is 9.85. The number of carbonyl (C=O) groups excluding carboxylic acids is 1. The molecular formula is C16H29N3O3. The van der Waals surface area contributed by atoms with Crippen molar-refractivity contribution < 1.29 is 14.7 Å². The van der Waals surface area contributed by atoms with Crippen molar-refractivity contribution >= 4 is 12.0 Å². The van der Waals surface area contributed by atoms with Gasteiger partial charge >= 0.3 is 12.0 Å². The van der Waals surface area contributed by atoms with Gasteiger partial charge < -0.3 is 15.7 Å². The zero-order chi connectivity index (χ0) is 16.3. The van der Waals surface area contributed by atoms with Crippen LogP contribution in [0, 0.1) is 5.41 Å². The second-order valence-corrected chi connectivity index (χ2v) is 7.33. The average Bonchev–Trinajstić information content (AvgIpc) is 2.70. The van der Waals surface area contributed by atoms with Gasteiger partial charge in [0.05, 0.1) is 6.54 Å². The zero-order valence-corrected chi connectivity index (χ0v) is 13.9. The van der Waals surface area contributed by atoms with E-state index in [2.05, 4.69) is 24.5 Å². The largest absolute Gasteiger partial charge is 0.480 e. The third kappa shape index (κ3) is 4.12. The lowest BCUT2D eigenvalue weighted by Crippen LogP contribution is -2.57. The summed E-state index contributed by atoms with van der Waals surface area (Å²) in [6.45, 7) is 7.19. The molecule has 0 aliphatic heterocycles. The molecule has 2 aliphatic rings. The number of nitrogens with one attached hydrogen (secondary N) is 2. The third-order valence-electron chi connectivity index (χ3n) is 5.27. The molecule has 126 valence electrons. The average molecular weight is 311 g/mol. The Bertz CT molecular complexity index is 419. The van der Waals surface area contributed by atoms with Gasteiger partial charge in [-0.3, -0.25) is 9.69 Å². The van der Waals surface area contributed by atoms with Crippen LogP contribution in [0.4, 0.5) is 4.79 Å². The molecule has 6 heteroatoms. The first-order chi connectivity index (χ1) is 10.3. The Morgan fingerprint density at radius 2 is 1.95 bits per heavy atom. The normalized spacial score (nSPS) is 29.9. The molecule has 22 heavy (non-hydrogen) atoms. The quantitative estimate of drug-likeness (QED) is 0.698. The Hall–Kier alpha value is -1.30. The van der Waals surface area contributed by atoms with Crippen LogP contribution in [-0.4, -0.2) is 53.2 Å². The number of nitrogens with zero attached hydrogens (tertiary/aromatic N) is 1. The number of carboxylic acids is 1. The first kappa shape index (κ1) is 17.1. The molecule has 1 atom stereocenters. The summed E-state index contributed by atoms with van der Waals surface area (Å²) in [4.78, 5) is 24.8. The van der Waals surface area contributed by atoms with E-state index in [4.69, 9.17) is 5.11 Å². The highest BCUT2D eigenvalue weighted by molar-refractivity contribution is 5.75. The van der Waals surface area contributed by atoms with E-state index in [9.17, 15) is 9.59 Å². The predicted molar refractivity (Wildman–Crippen MR) is 84.8 cm³/mol. The highest BCUT2D eigenvalue weighted by Gasteiger charge is 2.37. The van der Waals surface area contributed by atoms with Crippen LogP contribution < -0.4 is 10.6 Å². The molecule has 6 nitrogen and oxygen atoms in total. The van der Waals surface area contributed by atoms with Crippen LogP contribution >= 0.6 is 0 Å². The number of aliphatic carboxylic acids is 1. The van der Waals surface area contributed by atoms with Crippen LogP contribution in [0.3, 0.4) is 0 Å². The molecule has 2 saturated carbocycles. The van der Waals surface area contributed by atoms with E-state index in [0.717, 1.165) is 32.2 Å². The number of hydrogen-bond acceptors (Lipinski definition) is 3. The van der Waals surface area contributed by atoms with Crippen molar-refractivity contribution in [2.75, 3.05) is 13.1 Å². The Morgan fingerprint density at radius 3 is 2.45 bits per heavy atom. The van der Waals surface area contributed by atoms with Gasteiger partial charge in [-0.25, -0.2) is 4.79 Å². The number of carboxylic acid groups (broad SMARTS) is 1. The van der Waals surface area contributed by atoms with Crippen LogP contribution in [0.2, 0.25) is 0 Å². The van der Waals surface area contributed by atoms with Crippen LogP contribution in [0.15, 0.2) is 0 Å². The molecule has 2 rings (SSSR count). The topological polar surface area (TPSA) is 81.7 Å². The van der Waals surface area contributed by atoms with E-state index in [1.165, 1.54) is 6.42 Å². The van der Waals surface area contributed by atoms with Crippen LogP contribution in [0.25, 0.3) is 0 Å². The summed E-state index contributed by atoms with van der Waals surface area (Å²) in [5, 5.41) is 15.0. The van der Waals surface area contributed by atoms with Gasteiger partial charge in [0.2, 0.25) is 0 Å². The van der Waals surface area contributed by atoms with Gasteiger partial charge in [-0.15, -0.1) is 0 Å². The van der Waals surface area contributed by atoms with E-state index in [-0.39, 0.29) is 36.1 Å². The molecule has 0 saturated heterocycles. The molecule has 2 amide bonds. The molecule has 0 radical (unpaired) electrons. The SMILES string of the molecule is CCN(CC(=O)O)C1CC(NC(=O)NC2CCCC2(C)C)C1. The minimum atomic E-state index is -0.792. The maximum absolute atomic E-state index is 12.1. The van der Waals surface area contributed by atoms with Crippen molar-refractivity contribution in [2.45, 2.75) is 71.0 Å². The predicted octanol–water partition coefficient (Wildman–Crippen LogP) is 1.80. The maximum Gasteiger partial charge on any atom is 0.317 e. The van der Waals surface area contributed by atoms with Gasteiger partial charge in [0, 0.05) is 18.1 Å². The Balaban J connectivity index is 1.71. The Morgan fingerprint density at radius 1 is 1.27 bits per heavy atom. The molecule has 1 unspecified atom stereocenters. The van der Waals surface area contributed by atoms with E-state index >= 15 is 0 Å². The summed E-state index contributed by atoms with van der Waals surface area (Å²) >= 11 is 0. The number of likely N-dealkylation sites (N-methyl/N-ethyl adjacent to an activating group) is 1. The number of urea groups is 1. The van der Waals surface area contributed by atoms with E-state index in [0.29, 0.717) is 0 Å². The number of hydrogen-bond donors (Lipinski definition) is 3. The van der Waals surface area contributed by atoms with Crippen molar-refractivity contribution in [3.8, 4) is 0 Å². The Labute approximate surface area is 132 Å². The minimum Gasteiger partial charge on any atom is -0.480 e. The highest BCUT2D eigenvalue weighted by atomic mass is 16.4. The number of rotatable bonds is 6. The summed E-state index contributed by atoms with van der Waals surface area (Å²) in [5.41, 5.74) is 0.181. The molecular weight excluding hydrogens is 282 g/mol. The zero-order valence-electron chi connectivity index (χ0n) is 13.9. The van der Waals surface area contributed by atoms with Crippen molar-refractivity contribution in [3.63, 3.8) is 0 Å². The summed E-state index contributed by atoms with van der Waals surface area (Å²) in [6.07, 6.45) is 5.05. The number of carbonyl (C=O) groups is 2. The molecule has 0 heterocycles. The summed E-state index contributed by atoms with van der Waals surface area (Å²) < 4.78 is 0. The van der Waals surface area contributed by atoms with Gasteiger partial charge in [0.25, 0.3) is 0 Å². The van der Waals surface area contributed by atoms with Crippen molar-refractivity contribution in [3.05, 3.63) is 0 Å². The number of amides is 2. The van der Waals surface area contributed by atoms with E-state index in [1.807, 2.05) is 11.8 Å². The second kappa shape index (κ2) is 6.86. The summed E-state index contributed by atoms with van der Waals surface area (Å²) in [5.74, 6) is -0.792. The van der Waals surface area contributed by atoms with Gasteiger partial charge in [-0.2, -0.15) is 0 Å². The van der Waals surface area contributed by atoms with Crippen LogP contribution in [0.5, 0.6) is 0 Å². The van der Waals surface area contributed by atoms with Gasteiger partial charge in [0.15, 0.2) is 0 Å². The van der Waals surface area contributed by atoms with Crippen molar-refractivity contribution in [1.29, 1.82) is 0 Å². The molecule has 0 spiro atoms. The van der Waals surface area contributed by atoms with Crippen molar-refractivity contribution in [1.82, 2.24) is 15.5 Å². The molecule has 2 fully saturated rings. The lowest BCUT2D eigenvalue weighted by molar-refractivity contribution is -0.139. The minimum absolute atomic E-state index is 0.0790. The highest BCUT2D eigenvalue weighted by Crippen LogP contribution is 2.37. The van der Waals surface area contributed by atoms with Crippen LogP contribution in [0.1, 0.15) is 52.9 Å². The first-order valence-corrected chi connectivity index (χ1v) is 8.34. The van der Waals surface area contributed by atoms with Crippen LogP contribution in [-0.2, 0) is 4.79 Å². The van der Waals surface area contributed by atoms with Gasteiger partial charge in [0.1, 0.15) is 0 Å². The molecule has 0 aromatic carbocycles. The maximum atomic E-state index is 12.1. The van der Waals surface area contributed by atoms with Crippen molar-refractivity contribution in [2.24, 2.45) is 5.41 Å². The summed E-state index contributed by atoms with van der Waals surface area (Å²) in [6, 6.07) is 0.610. The fourth-order valence-corrected chi connectivity index (χ4v) is 3.66. The van der Waals surface area contributed by atoms with E-state index in [1.54, 1.807) is 0 Å². The molecule has 0 aromatic rings. The smallest absolute Gasteiger partial charge is 0.317 e. The fraction of sp³-hybridized carbons (Fsp3) is 0.875. The van der Waals surface area contributed by atoms with Gasteiger partial charge in [-0.1, -0.05) is 27.2 Å². The molecule has 0 aromatic heterocycles. The monoisotopic (exact) mass is 311 g/mol. The second-order valence-electron chi connectivity index (χ2n) is 7.33. The van der Waals surface area contributed by atoms with E-state index < -0.39 is 5.97 Å².